The maximum absolute atomic E-state index is 11.6. The van der Waals surface area contributed by atoms with Gasteiger partial charge in [-0.2, -0.15) is 0 Å². The monoisotopic (exact) mass is 299 g/mol. The van der Waals surface area contributed by atoms with Crippen molar-refractivity contribution in [2.24, 2.45) is 5.41 Å². The normalized spacial score (nSPS) is 27.8. The van der Waals surface area contributed by atoms with Crippen LogP contribution in [0, 0.1) is 5.41 Å². The topological polar surface area (TPSA) is 46.2 Å². The fourth-order valence-corrected chi connectivity index (χ4v) is 3.99. The van der Waals surface area contributed by atoms with E-state index in [2.05, 4.69) is 5.32 Å². The molecule has 0 aromatic heterocycles. The maximum atomic E-state index is 11.6. The van der Waals surface area contributed by atoms with Crippen molar-refractivity contribution in [1.29, 1.82) is 0 Å². The summed E-state index contributed by atoms with van der Waals surface area (Å²) in [4.78, 5) is 23.2. The summed E-state index contributed by atoms with van der Waals surface area (Å²) in [7, 11) is 0. The molecule has 0 saturated carbocycles. The summed E-state index contributed by atoms with van der Waals surface area (Å²) in [5, 5.41) is 1.91. The van der Waals surface area contributed by atoms with Crippen molar-refractivity contribution in [1.82, 2.24) is 5.32 Å². The Hall–Kier alpha value is 0.1000. The molecule has 3 nitrogen and oxygen atoms in total. The Bertz CT molecular complexity index is 363. The minimum absolute atomic E-state index is 0.270. The van der Waals surface area contributed by atoms with Gasteiger partial charge in [0.2, 0.25) is 14.9 Å². The lowest BCUT2D eigenvalue weighted by Gasteiger charge is -2.45. The van der Waals surface area contributed by atoms with Crippen molar-refractivity contribution in [3.05, 3.63) is 12.2 Å². The quantitative estimate of drug-likeness (QED) is 0.350. The summed E-state index contributed by atoms with van der Waals surface area (Å²) in [6.07, 6.45) is 4.66. The Morgan fingerprint density at radius 3 is 2.44 bits per heavy atom. The third kappa shape index (κ3) is 1.96. The van der Waals surface area contributed by atoms with Crippen molar-refractivity contribution in [3.63, 3.8) is 0 Å². The van der Waals surface area contributed by atoms with Gasteiger partial charge in [-0.25, -0.2) is 0 Å². The second kappa shape index (κ2) is 4.09. The van der Waals surface area contributed by atoms with E-state index in [-0.39, 0.29) is 17.1 Å². The van der Waals surface area contributed by atoms with Crippen LogP contribution in [0.1, 0.15) is 12.8 Å². The molecule has 2 aliphatic rings. The zero-order chi connectivity index (χ0) is 12.0. The minimum Gasteiger partial charge on any atom is -0.294 e. The highest BCUT2D eigenvalue weighted by Gasteiger charge is 2.61. The number of imide groups is 1. The maximum Gasteiger partial charge on any atom is 0.243 e. The molecule has 0 bridgehead atoms. The van der Waals surface area contributed by atoms with Gasteiger partial charge in [-0.05, 0) is 12.8 Å². The van der Waals surface area contributed by atoms with Crippen molar-refractivity contribution >= 4 is 58.4 Å². The molecule has 16 heavy (non-hydrogen) atoms. The number of allylic oxidation sites excluding steroid dienone is 2. The van der Waals surface area contributed by atoms with Gasteiger partial charge in [0.05, 0.1) is 0 Å². The number of amides is 2. The van der Waals surface area contributed by atoms with Crippen molar-refractivity contribution in [2.45, 2.75) is 21.2 Å². The Kier molecular flexibility index (Phi) is 3.21. The van der Waals surface area contributed by atoms with Crippen LogP contribution in [0.5, 0.6) is 0 Å². The number of rotatable bonds is 1. The smallest absolute Gasteiger partial charge is 0.243 e. The number of β-lactam (4-membered cyclic amide) rings is 2. The highest BCUT2D eigenvalue weighted by atomic mass is 35.6. The Morgan fingerprint density at radius 1 is 1.31 bits per heavy atom. The summed E-state index contributed by atoms with van der Waals surface area (Å²) in [5.41, 5.74) is -1.02. The molecule has 1 atom stereocenters. The van der Waals surface area contributed by atoms with Crippen LogP contribution >= 0.6 is 46.6 Å². The van der Waals surface area contributed by atoms with Crippen LogP contribution in [0.2, 0.25) is 0 Å². The second-order valence-corrected chi connectivity index (χ2v) is 8.09. The lowest BCUT2D eigenvalue weighted by atomic mass is 9.70. The van der Waals surface area contributed by atoms with E-state index in [4.69, 9.17) is 34.8 Å². The summed E-state index contributed by atoms with van der Waals surface area (Å²) < 4.78 is -1.51. The molecular formula is C9H8Cl3NO2S. The largest absolute Gasteiger partial charge is 0.294 e. The predicted molar refractivity (Wildman–Crippen MR) is 65.6 cm³/mol. The molecule has 1 saturated heterocycles. The van der Waals surface area contributed by atoms with Crippen LogP contribution in [-0.4, -0.2) is 20.2 Å². The molecule has 0 aromatic carbocycles. The van der Waals surface area contributed by atoms with E-state index < -0.39 is 8.54 Å². The first kappa shape index (κ1) is 12.6. The number of thioether (sulfide) groups is 1. The third-order valence-electron chi connectivity index (χ3n) is 2.82. The Morgan fingerprint density at radius 2 is 1.94 bits per heavy atom. The number of carbonyl (C=O) groups is 2. The van der Waals surface area contributed by atoms with Crippen molar-refractivity contribution in [3.8, 4) is 0 Å². The molecule has 1 unspecified atom stereocenters. The number of halogens is 3. The number of nitrogens with one attached hydrogen (secondary N) is 1. The molecule has 7 heteroatoms. The fourth-order valence-electron chi connectivity index (χ4n) is 1.98. The number of hydrogen-bond donors (Lipinski definition) is 1. The summed E-state index contributed by atoms with van der Waals surface area (Å²) in [6.45, 7) is 0. The lowest BCUT2D eigenvalue weighted by Crippen LogP contribution is -2.68. The molecule has 1 spiro atoms. The molecule has 2 amide bonds. The SMILES string of the molecule is O=C1NC(=O)C12CC=CCC2SC(Cl)(Cl)Cl. The van der Waals surface area contributed by atoms with Crippen LogP contribution in [0.15, 0.2) is 12.2 Å². The fraction of sp³-hybridized carbons (Fsp3) is 0.556. The molecule has 1 N–H and O–H groups in total. The van der Waals surface area contributed by atoms with E-state index in [1.54, 1.807) is 0 Å². The zero-order valence-electron chi connectivity index (χ0n) is 8.00. The van der Waals surface area contributed by atoms with Gasteiger partial charge in [0, 0.05) is 5.25 Å². The van der Waals surface area contributed by atoms with Gasteiger partial charge in [0.25, 0.3) is 0 Å². The summed E-state index contributed by atoms with van der Waals surface area (Å²) >= 11 is 18.1. The zero-order valence-corrected chi connectivity index (χ0v) is 11.1. The average molecular weight is 301 g/mol. The lowest BCUT2D eigenvalue weighted by molar-refractivity contribution is -0.157. The Balaban J connectivity index is 2.25. The van der Waals surface area contributed by atoms with Gasteiger partial charge in [0.15, 0.2) is 0 Å². The van der Waals surface area contributed by atoms with Gasteiger partial charge >= 0.3 is 0 Å². The molecular weight excluding hydrogens is 293 g/mol. The molecule has 1 aliphatic carbocycles. The van der Waals surface area contributed by atoms with Crippen LogP contribution in [0.25, 0.3) is 0 Å². The number of alkyl halides is 3. The van der Waals surface area contributed by atoms with Crippen LogP contribution < -0.4 is 5.32 Å². The van der Waals surface area contributed by atoms with Gasteiger partial charge < -0.3 is 0 Å². The Labute approximate surface area is 112 Å². The highest BCUT2D eigenvalue weighted by molar-refractivity contribution is 8.05. The summed E-state index contributed by atoms with van der Waals surface area (Å²) in [6, 6.07) is 0. The molecule has 1 fully saturated rings. The molecule has 2 rings (SSSR count). The summed E-state index contributed by atoms with van der Waals surface area (Å²) in [5.74, 6) is -0.540. The first-order chi connectivity index (χ1) is 7.36. The molecule has 88 valence electrons. The van der Waals surface area contributed by atoms with Gasteiger partial charge in [0.1, 0.15) is 5.41 Å². The van der Waals surface area contributed by atoms with E-state index in [1.807, 2.05) is 12.2 Å². The molecule has 0 radical (unpaired) electrons. The van der Waals surface area contributed by atoms with Crippen LogP contribution in [0.4, 0.5) is 0 Å². The predicted octanol–water partition coefficient (Wildman–Crippen LogP) is 2.41. The van der Waals surface area contributed by atoms with E-state index >= 15 is 0 Å². The number of hydrogen-bond acceptors (Lipinski definition) is 3. The molecule has 0 aromatic rings. The van der Waals surface area contributed by atoms with E-state index in [1.165, 1.54) is 0 Å². The van der Waals surface area contributed by atoms with Gasteiger partial charge in [-0.1, -0.05) is 47.0 Å². The average Bonchev–Trinajstić information content (AvgIpc) is 2.16. The third-order valence-corrected chi connectivity index (χ3v) is 4.77. The highest BCUT2D eigenvalue weighted by Crippen LogP contribution is 2.52. The molecule has 1 heterocycles. The van der Waals surface area contributed by atoms with Crippen LogP contribution in [-0.2, 0) is 9.59 Å². The van der Waals surface area contributed by atoms with Gasteiger partial charge in [-0.3, -0.25) is 14.9 Å². The van der Waals surface area contributed by atoms with Crippen LogP contribution in [0.3, 0.4) is 0 Å². The van der Waals surface area contributed by atoms with Gasteiger partial charge in [-0.15, -0.1) is 11.8 Å². The molecule has 1 aliphatic heterocycles. The second-order valence-electron chi connectivity index (χ2n) is 3.72. The van der Waals surface area contributed by atoms with E-state index in [9.17, 15) is 9.59 Å². The minimum atomic E-state index is -1.51. The van der Waals surface area contributed by atoms with Crippen molar-refractivity contribution in [2.75, 3.05) is 0 Å². The van der Waals surface area contributed by atoms with E-state index in [0.717, 1.165) is 11.8 Å². The number of carbonyl (C=O) groups excluding carboxylic acids is 2. The van der Waals surface area contributed by atoms with E-state index in [0.29, 0.717) is 12.8 Å². The first-order valence-corrected chi connectivity index (χ1v) is 6.63. The standard InChI is InChI=1S/C9H8Cl3NO2S/c10-9(11,12)16-5-3-1-2-4-8(5)6(14)13-7(8)15/h1-2,5H,3-4H2,(H,13,14,15). The first-order valence-electron chi connectivity index (χ1n) is 4.62. The van der Waals surface area contributed by atoms with Crippen molar-refractivity contribution < 1.29 is 9.59 Å².